The van der Waals surface area contributed by atoms with Crippen LogP contribution in [0.5, 0.6) is 0 Å². The van der Waals surface area contributed by atoms with Crippen molar-refractivity contribution in [2.75, 3.05) is 13.2 Å². The molecule has 0 aromatic heterocycles. The summed E-state index contributed by atoms with van der Waals surface area (Å²) in [6.45, 7) is 6.36. The zero-order valence-corrected chi connectivity index (χ0v) is 15.2. The molecule has 5 nitrogen and oxygen atoms in total. The SMILES string of the molecule is CCCCCN1C(=O)C(c2ccccc2)C(=O)C(C(=O)OCC)C1C. The Labute approximate surface area is 149 Å². The molecule has 136 valence electrons. The van der Waals surface area contributed by atoms with E-state index in [9.17, 15) is 14.4 Å². The number of carbonyl (C=O) groups excluding carboxylic acids is 3. The molecule has 1 aromatic carbocycles. The fourth-order valence-electron chi connectivity index (χ4n) is 3.43. The van der Waals surface area contributed by atoms with Crippen molar-refractivity contribution >= 4 is 17.7 Å². The molecule has 1 aromatic rings. The number of likely N-dealkylation sites (tertiary alicyclic amines) is 1. The molecule has 0 bridgehead atoms. The Morgan fingerprint density at radius 2 is 1.80 bits per heavy atom. The minimum Gasteiger partial charge on any atom is -0.465 e. The van der Waals surface area contributed by atoms with Gasteiger partial charge in [-0.25, -0.2) is 0 Å². The van der Waals surface area contributed by atoms with E-state index in [-0.39, 0.29) is 18.3 Å². The van der Waals surface area contributed by atoms with Gasteiger partial charge in [0.15, 0.2) is 5.78 Å². The molecule has 3 unspecified atom stereocenters. The van der Waals surface area contributed by atoms with Crippen molar-refractivity contribution in [2.45, 2.75) is 52.0 Å². The van der Waals surface area contributed by atoms with Crippen LogP contribution in [0.2, 0.25) is 0 Å². The smallest absolute Gasteiger partial charge is 0.318 e. The standard InChI is InChI=1S/C20H27NO4/c1-4-6-10-13-21-14(3)16(20(24)25-5-2)18(22)17(19(21)23)15-11-8-7-9-12-15/h7-9,11-12,14,16-17H,4-6,10,13H2,1-3H3. The van der Waals surface area contributed by atoms with E-state index >= 15 is 0 Å². The number of rotatable bonds is 7. The second-order valence-corrected chi connectivity index (χ2v) is 6.46. The van der Waals surface area contributed by atoms with Gasteiger partial charge in [0, 0.05) is 12.6 Å². The van der Waals surface area contributed by atoms with E-state index in [4.69, 9.17) is 4.74 Å². The van der Waals surface area contributed by atoms with Crippen LogP contribution in [-0.2, 0) is 19.1 Å². The number of nitrogens with zero attached hydrogens (tertiary/aromatic N) is 1. The van der Waals surface area contributed by atoms with Crippen molar-refractivity contribution in [1.82, 2.24) is 4.90 Å². The lowest BCUT2D eigenvalue weighted by molar-refractivity contribution is -0.161. The van der Waals surface area contributed by atoms with Crippen LogP contribution >= 0.6 is 0 Å². The van der Waals surface area contributed by atoms with E-state index in [0.717, 1.165) is 19.3 Å². The lowest BCUT2D eigenvalue weighted by atomic mass is 9.78. The molecule has 0 aliphatic carbocycles. The molecule has 1 aliphatic rings. The molecule has 1 aliphatic heterocycles. The number of hydrogen-bond donors (Lipinski definition) is 0. The van der Waals surface area contributed by atoms with Gasteiger partial charge in [-0.05, 0) is 25.8 Å². The monoisotopic (exact) mass is 345 g/mol. The number of ether oxygens (including phenoxy) is 1. The van der Waals surface area contributed by atoms with E-state index in [1.807, 2.05) is 6.07 Å². The fourth-order valence-corrected chi connectivity index (χ4v) is 3.43. The van der Waals surface area contributed by atoms with Crippen molar-refractivity contribution in [2.24, 2.45) is 5.92 Å². The number of esters is 1. The predicted octanol–water partition coefficient (Wildman–Crippen LogP) is 2.94. The van der Waals surface area contributed by atoms with Crippen molar-refractivity contribution < 1.29 is 19.1 Å². The van der Waals surface area contributed by atoms with Crippen molar-refractivity contribution in [3.63, 3.8) is 0 Å². The van der Waals surface area contributed by atoms with Crippen LogP contribution in [-0.4, -0.2) is 41.8 Å². The number of benzene rings is 1. The quantitative estimate of drug-likeness (QED) is 0.433. The molecule has 3 atom stereocenters. The van der Waals surface area contributed by atoms with Crippen LogP contribution < -0.4 is 0 Å². The van der Waals surface area contributed by atoms with E-state index in [1.165, 1.54) is 0 Å². The molecule has 1 saturated heterocycles. The number of ketones is 1. The second kappa shape index (κ2) is 8.79. The first-order valence-electron chi connectivity index (χ1n) is 9.08. The third-order valence-electron chi connectivity index (χ3n) is 4.77. The molecular weight excluding hydrogens is 318 g/mol. The largest absolute Gasteiger partial charge is 0.465 e. The average molecular weight is 345 g/mol. The summed E-state index contributed by atoms with van der Waals surface area (Å²) in [5.74, 6) is -2.94. The highest BCUT2D eigenvalue weighted by Gasteiger charge is 2.50. The van der Waals surface area contributed by atoms with Gasteiger partial charge in [0.05, 0.1) is 6.61 Å². The van der Waals surface area contributed by atoms with Crippen LogP contribution in [0.25, 0.3) is 0 Å². The summed E-state index contributed by atoms with van der Waals surface area (Å²) in [4.78, 5) is 40.1. The van der Waals surface area contributed by atoms with Gasteiger partial charge in [-0.1, -0.05) is 50.1 Å². The lowest BCUT2D eigenvalue weighted by Crippen LogP contribution is -2.57. The molecule has 5 heteroatoms. The van der Waals surface area contributed by atoms with Gasteiger partial charge in [0.1, 0.15) is 11.8 Å². The zero-order valence-electron chi connectivity index (χ0n) is 15.2. The summed E-state index contributed by atoms with van der Waals surface area (Å²) < 4.78 is 5.12. The number of Topliss-reactive ketones (excluding diaryl/α,β-unsaturated/α-hetero) is 1. The zero-order chi connectivity index (χ0) is 18.4. The van der Waals surface area contributed by atoms with Crippen molar-refractivity contribution in [1.29, 1.82) is 0 Å². The summed E-state index contributed by atoms with van der Waals surface area (Å²) in [7, 11) is 0. The van der Waals surface area contributed by atoms with Gasteiger partial charge < -0.3 is 9.64 Å². The molecular formula is C20H27NO4. The Bertz CT molecular complexity index is 613. The van der Waals surface area contributed by atoms with Crippen LogP contribution in [0.1, 0.15) is 51.5 Å². The summed E-state index contributed by atoms with van der Waals surface area (Å²) in [5, 5.41) is 0. The van der Waals surface area contributed by atoms with Gasteiger partial charge in [-0.2, -0.15) is 0 Å². The van der Waals surface area contributed by atoms with Crippen LogP contribution in [0.4, 0.5) is 0 Å². The highest BCUT2D eigenvalue weighted by Crippen LogP contribution is 2.33. The molecule has 0 N–H and O–H groups in total. The van der Waals surface area contributed by atoms with Crippen molar-refractivity contribution in [3.05, 3.63) is 35.9 Å². The molecule has 1 heterocycles. The molecule has 0 radical (unpaired) electrons. The predicted molar refractivity (Wildman–Crippen MR) is 95.0 cm³/mol. The molecule has 2 rings (SSSR count). The molecule has 25 heavy (non-hydrogen) atoms. The van der Waals surface area contributed by atoms with Crippen LogP contribution in [0.3, 0.4) is 0 Å². The normalized spacial score (nSPS) is 23.6. The summed E-state index contributed by atoms with van der Waals surface area (Å²) in [6.07, 6.45) is 2.90. The minimum absolute atomic E-state index is 0.208. The first kappa shape index (κ1) is 19.2. The fraction of sp³-hybridized carbons (Fsp3) is 0.550. The van der Waals surface area contributed by atoms with E-state index in [1.54, 1.807) is 43.0 Å². The Morgan fingerprint density at radius 1 is 1.12 bits per heavy atom. The van der Waals surface area contributed by atoms with Crippen LogP contribution in [0.15, 0.2) is 30.3 Å². The number of unbranched alkanes of at least 4 members (excludes halogenated alkanes) is 2. The number of amides is 1. The molecule has 1 amide bonds. The molecule has 0 spiro atoms. The lowest BCUT2D eigenvalue weighted by Gasteiger charge is -2.41. The van der Waals surface area contributed by atoms with Crippen molar-refractivity contribution in [3.8, 4) is 0 Å². The van der Waals surface area contributed by atoms with E-state index < -0.39 is 23.8 Å². The average Bonchev–Trinajstić information content (AvgIpc) is 2.59. The van der Waals surface area contributed by atoms with Gasteiger partial charge in [-0.3, -0.25) is 14.4 Å². The highest BCUT2D eigenvalue weighted by atomic mass is 16.5. The molecule has 1 fully saturated rings. The number of piperidine rings is 1. The maximum absolute atomic E-state index is 13.0. The third-order valence-corrected chi connectivity index (χ3v) is 4.77. The van der Waals surface area contributed by atoms with Gasteiger partial charge in [0.2, 0.25) is 5.91 Å². The van der Waals surface area contributed by atoms with Gasteiger partial charge in [0.25, 0.3) is 0 Å². The first-order chi connectivity index (χ1) is 12.0. The maximum Gasteiger partial charge on any atom is 0.318 e. The van der Waals surface area contributed by atoms with Gasteiger partial charge >= 0.3 is 5.97 Å². The highest BCUT2D eigenvalue weighted by molar-refractivity contribution is 6.16. The second-order valence-electron chi connectivity index (χ2n) is 6.46. The maximum atomic E-state index is 13.0. The van der Waals surface area contributed by atoms with Gasteiger partial charge in [-0.15, -0.1) is 0 Å². The summed E-state index contributed by atoms with van der Waals surface area (Å²) in [6, 6.07) is 8.50. The minimum atomic E-state index is -0.926. The number of carbonyl (C=O) groups is 3. The Balaban J connectivity index is 2.36. The topological polar surface area (TPSA) is 63.7 Å². The first-order valence-corrected chi connectivity index (χ1v) is 9.08. The van der Waals surface area contributed by atoms with E-state index in [0.29, 0.717) is 12.1 Å². The third kappa shape index (κ3) is 4.09. The van der Waals surface area contributed by atoms with Crippen LogP contribution in [0, 0.1) is 5.92 Å². The molecule has 0 saturated carbocycles. The number of hydrogen-bond acceptors (Lipinski definition) is 4. The Kier molecular flexibility index (Phi) is 6.73. The summed E-state index contributed by atoms with van der Waals surface area (Å²) in [5.41, 5.74) is 0.638. The van der Waals surface area contributed by atoms with E-state index in [2.05, 4.69) is 6.92 Å². The Morgan fingerprint density at radius 3 is 2.40 bits per heavy atom. The summed E-state index contributed by atoms with van der Waals surface area (Å²) >= 11 is 0. The Hall–Kier alpha value is -2.17.